The first-order valence-electron chi connectivity index (χ1n) is 7.76. The second kappa shape index (κ2) is 8.72. The van der Waals surface area contributed by atoms with Gasteiger partial charge in [0.05, 0.1) is 11.4 Å². The van der Waals surface area contributed by atoms with Gasteiger partial charge in [-0.15, -0.1) is 0 Å². The van der Waals surface area contributed by atoms with Crippen LogP contribution in [0.5, 0.6) is 0 Å². The molecule has 0 unspecified atom stereocenters. The summed E-state index contributed by atoms with van der Waals surface area (Å²) in [6.07, 6.45) is 3.09. The van der Waals surface area contributed by atoms with E-state index < -0.39 is 0 Å². The number of hydrogen-bond donors (Lipinski definition) is 0. The van der Waals surface area contributed by atoms with Gasteiger partial charge in [-0.05, 0) is 56.7 Å². The Morgan fingerprint density at radius 2 is 1.96 bits per heavy atom. The van der Waals surface area contributed by atoms with Crippen molar-refractivity contribution in [3.05, 3.63) is 64.7 Å². The Kier molecular flexibility index (Phi) is 6.37. The summed E-state index contributed by atoms with van der Waals surface area (Å²) >= 11 is 0. The number of carbonyl (C=O) groups excluding carboxylic acids is 1. The first-order chi connectivity index (χ1) is 11.6. The van der Waals surface area contributed by atoms with Gasteiger partial charge in [-0.3, -0.25) is 9.97 Å². The van der Waals surface area contributed by atoms with Gasteiger partial charge in [0.1, 0.15) is 18.6 Å². The molecule has 2 aromatic heterocycles. The molecule has 0 saturated carbocycles. The molecule has 2 heterocycles. The highest BCUT2D eigenvalue weighted by Gasteiger charge is 2.01. The molecule has 5 nitrogen and oxygen atoms in total. The maximum absolute atomic E-state index is 10.6. The van der Waals surface area contributed by atoms with Crippen molar-refractivity contribution in [1.29, 1.82) is 0 Å². The van der Waals surface area contributed by atoms with Gasteiger partial charge in [0, 0.05) is 17.8 Å². The van der Waals surface area contributed by atoms with Crippen molar-refractivity contribution >= 4 is 18.1 Å². The quantitative estimate of drug-likeness (QED) is 0.445. The van der Waals surface area contributed by atoms with E-state index in [9.17, 15) is 4.79 Å². The fraction of sp³-hybridized carbons (Fsp3) is 0.263. The molecule has 0 N–H and O–H groups in total. The summed E-state index contributed by atoms with van der Waals surface area (Å²) in [4.78, 5) is 24.7. The second-order valence-electron chi connectivity index (χ2n) is 5.53. The SMILES string of the molecule is C/C(=C\c1cccc(CC=O)n1)CO/N=C(\C)c1cccc(C)n1. The van der Waals surface area contributed by atoms with Crippen molar-refractivity contribution in [3.8, 4) is 0 Å². The highest BCUT2D eigenvalue weighted by molar-refractivity contribution is 5.96. The van der Waals surface area contributed by atoms with Crippen LogP contribution in [0, 0.1) is 6.92 Å². The molecule has 0 bridgehead atoms. The van der Waals surface area contributed by atoms with Crippen LogP contribution in [0.15, 0.2) is 47.1 Å². The van der Waals surface area contributed by atoms with E-state index >= 15 is 0 Å². The summed E-state index contributed by atoms with van der Waals surface area (Å²) in [6.45, 7) is 6.12. The Morgan fingerprint density at radius 1 is 1.17 bits per heavy atom. The molecular weight excluding hydrogens is 302 g/mol. The summed E-state index contributed by atoms with van der Waals surface area (Å²) in [6, 6.07) is 11.4. The predicted octanol–water partition coefficient (Wildman–Crippen LogP) is 3.37. The monoisotopic (exact) mass is 323 g/mol. The summed E-state index contributed by atoms with van der Waals surface area (Å²) in [5, 5.41) is 4.11. The molecule has 0 spiro atoms. The number of rotatable bonds is 7. The smallest absolute Gasteiger partial charge is 0.138 e. The number of pyridine rings is 2. The van der Waals surface area contributed by atoms with Crippen molar-refractivity contribution in [1.82, 2.24) is 9.97 Å². The Bertz CT molecular complexity index is 767. The molecule has 124 valence electrons. The van der Waals surface area contributed by atoms with E-state index in [1.165, 1.54) is 0 Å². The molecule has 2 aromatic rings. The molecule has 0 aliphatic heterocycles. The minimum absolute atomic E-state index is 0.324. The number of oxime groups is 1. The van der Waals surface area contributed by atoms with Crippen LogP contribution in [0.25, 0.3) is 6.08 Å². The van der Waals surface area contributed by atoms with Crippen LogP contribution in [-0.4, -0.2) is 28.6 Å². The van der Waals surface area contributed by atoms with Crippen LogP contribution < -0.4 is 0 Å². The number of hydrogen-bond acceptors (Lipinski definition) is 5. The molecular formula is C19H21N3O2. The molecule has 0 aliphatic rings. The van der Waals surface area contributed by atoms with Crippen LogP contribution in [0.1, 0.15) is 36.6 Å². The van der Waals surface area contributed by atoms with Gasteiger partial charge < -0.3 is 9.63 Å². The van der Waals surface area contributed by atoms with Crippen LogP contribution >= 0.6 is 0 Å². The summed E-state index contributed by atoms with van der Waals surface area (Å²) in [5.41, 5.74) is 5.03. The maximum Gasteiger partial charge on any atom is 0.138 e. The van der Waals surface area contributed by atoms with Gasteiger partial charge in [0.15, 0.2) is 0 Å². The van der Waals surface area contributed by atoms with Crippen molar-refractivity contribution < 1.29 is 9.63 Å². The molecule has 2 rings (SSSR count). The molecule has 0 fully saturated rings. The van der Waals surface area contributed by atoms with E-state index in [1.807, 2.05) is 63.2 Å². The largest absolute Gasteiger partial charge is 0.391 e. The molecule has 5 heteroatoms. The highest BCUT2D eigenvalue weighted by atomic mass is 16.6. The molecule has 24 heavy (non-hydrogen) atoms. The first-order valence-corrected chi connectivity index (χ1v) is 7.76. The average molecular weight is 323 g/mol. The standard InChI is InChI=1S/C19H21N3O2/c1-14(12-18-8-5-7-17(21-18)10-11-23)13-24-22-16(3)19-9-4-6-15(2)20-19/h4-9,11-12H,10,13H2,1-3H3/b14-12+,22-16+. The van der Waals surface area contributed by atoms with Crippen LogP contribution in [0.2, 0.25) is 0 Å². The average Bonchev–Trinajstić information content (AvgIpc) is 2.55. The third-order valence-electron chi connectivity index (χ3n) is 3.27. The van der Waals surface area contributed by atoms with E-state index in [0.29, 0.717) is 13.0 Å². The highest BCUT2D eigenvalue weighted by Crippen LogP contribution is 2.07. The van der Waals surface area contributed by atoms with Crippen molar-refractivity contribution in [2.45, 2.75) is 27.2 Å². The Labute approximate surface area is 142 Å². The lowest BCUT2D eigenvalue weighted by Gasteiger charge is -2.04. The summed E-state index contributed by atoms with van der Waals surface area (Å²) in [7, 11) is 0. The van der Waals surface area contributed by atoms with Gasteiger partial charge in [-0.2, -0.15) is 0 Å². The lowest BCUT2D eigenvalue weighted by atomic mass is 10.2. The number of carbonyl (C=O) groups is 1. The molecule has 0 atom stereocenters. The summed E-state index contributed by atoms with van der Waals surface area (Å²) in [5.74, 6) is 0. The van der Waals surface area contributed by atoms with Crippen LogP contribution in [0.3, 0.4) is 0 Å². The summed E-state index contributed by atoms with van der Waals surface area (Å²) < 4.78 is 0. The van der Waals surface area contributed by atoms with Gasteiger partial charge in [0.25, 0.3) is 0 Å². The van der Waals surface area contributed by atoms with E-state index in [-0.39, 0.29) is 0 Å². The van der Waals surface area contributed by atoms with Gasteiger partial charge >= 0.3 is 0 Å². The van der Waals surface area contributed by atoms with Gasteiger partial charge in [-0.1, -0.05) is 17.3 Å². The number of aldehydes is 1. The Balaban J connectivity index is 1.97. The zero-order chi connectivity index (χ0) is 17.4. The Hall–Kier alpha value is -2.82. The van der Waals surface area contributed by atoms with Crippen molar-refractivity contribution in [2.24, 2.45) is 5.16 Å². The molecule has 0 aromatic carbocycles. The lowest BCUT2D eigenvalue weighted by molar-refractivity contribution is -0.107. The lowest BCUT2D eigenvalue weighted by Crippen LogP contribution is -2.01. The van der Waals surface area contributed by atoms with E-state index in [1.54, 1.807) is 0 Å². The number of aromatic nitrogens is 2. The molecule has 0 aliphatic carbocycles. The fourth-order valence-electron chi connectivity index (χ4n) is 2.09. The molecule has 0 saturated heterocycles. The van der Waals surface area contributed by atoms with E-state index in [4.69, 9.17) is 4.84 Å². The van der Waals surface area contributed by atoms with Crippen LogP contribution in [0.4, 0.5) is 0 Å². The first kappa shape index (κ1) is 17.5. The Morgan fingerprint density at radius 3 is 2.71 bits per heavy atom. The zero-order valence-electron chi connectivity index (χ0n) is 14.2. The predicted molar refractivity (Wildman–Crippen MR) is 94.8 cm³/mol. The topological polar surface area (TPSA) is 64.4 Å². The molecule has 0 radical (unpaired) electrons. The van der Waals surface area contributed by atoms with E-state index in [0.717, 1.165) is 40.3 Å². The second-order valence-corrected chi connectivity index (χ2v) is 5.53. The van der Waals surface area contributed by atoms with Gasteiger partial charge in [-0.25, -0.2) is 0 Å². The minimum atomic E-state index is 0.324. The maximum atomic E-state index is 10.6. The van der Waals surface area contributed by atoms with Crippen molar-refractivity contribution in [3.63, 3.8) is 0 Å². The van der Waals surface area contributed by atoms with Gasteiger partial charge in [0.2, 0.25) is 0 Å². The third-order valence-corrected chi connectivity index (χ3v) is 3.27. The van der Waals surface area contributed by atoms with E-state index in [2.05, 4.69) is 15.1 Å². The third kappa shape index (κ3) is 5.43. The van der Waals surface area contributed by atoms with Crippen LogP contribution in [-0.2, 0) is 16.1 Å². The minimum Gasteiger partial charge on any atom is -0.391 e. The fourth-order valence-corrected chi connectivity index (χ4v) is 2.09. The number of nitrogens with zero attached hydrogens (tertiary/aromatic N) is 3. The zero-order valence-corrected chi connectivity index (χ0v) is 14.2. The number of aryl methyl sites for hydroxylation is 1. The van der Waals surface area contributed by atoms with Crippen molar-refractivity contribution in [2.75, 3.05) is 6.61 Å². The normalized spacial score (nSPS) is 12.1. The molecule has 0 amide bonds.